The van der Waals surface area contributed by atoms with Gasteiger partial charge in [-0.15, -0.1) is 0 Å². The highest BCUT2D eigenvalue weighted by atomic mass is 32.2. The van der Waals surface area contributed by atoms with Crippen LogP contribution < -0.4 is 10.0 Å². The van der Waals surface area contributed by atoms with Crippen LogP contribution in [0.4, 0.5) is 18.9 Å². The van der Waals surface area contributed by atoms with E-state index in [-0.39, 0.29) is 11.3 Å². The number of pyridine rings is 2. The van der Waals surface area contributed by atoms with Gasteiger partial charge in [0.05, 0.1) is 16.1 Å². The van der Waals surface area contributed by atoms with Crippen molar-refractivity contribution in [1.29, 1.82) is 0 Å². The number of aromatic nitrogens is 4. The van der Waals surface area contributed by atoms with Gasteiger partial charge in [0.1, 0.15) is 23.2 Å². The highest BCUT2D eigenvalue weighted by Crippen LogP contribution is 2.29. The van der Waals surface area contributed by atoms with E-state index >= 15 is 8.78 Å². The lowest BCUT2D eigenvalue weighted by atomic mass is 9.97. The normalized spacial score (nSPS) is 12.0. The average Bonchev–Trinajstić information content (AvgIpc) is 3.08. The lowest BCUT2D eigenvalue weighted by Crippen LogP contribution is -2.43. The van der Waals surface area contributed by atoms with Crippen LogP contribution in [0.5, 0.6) is 0 Å². The maximum Gasteiger partial charge on any atom is 0.326 e. The molecule has 0 radical (unpaired) electrons. The summed E-state index contributed by atoms with van der Waals surface area (Å²) < 4.78 is 71.8. The first-order valence-corrected chi connectivity index (χ1v) is 15.9. The fourth-order valence-corrected chi connectivity index (χ4v) is 6.19. The van der Waals surface area contributed by atoms with Crippen molar-refractivity contribution in [3.63, 3.8) is 0 Å². The molecular formula is C34H23F3N6O5S. The van der Waals surface area contributed by atoms with Crippen LogP contribution in [-0.2, 0) is 21.2 Å². The van der Waals surface area contributed by atoms with Crippen LogP contribution in [0.2, 0.25) is 0 Å². The van der Waals surface area contributed by atoms with Crippen LogP contribution >= 0.6 is 0 Å². The number of carbonyl (C=O) groups is 2. The standard InChI is InChI=1S/C34H23F3N6O5S/c35-26-17-22(43-49(47,48)23-7-4-19(5-8-23)20-10-14-38-29(37)16-20)18-27(36)30(26)33(44)42-28(34(45)46)15-21-6-9-25(32-40-12-2-13-41-32)31-24(21)3-1-11-39-31/h1-14,16-18,28,43H,15H2,(H,42,44)(H,45,46)/t28-/m0/s1. The molecule has 0 bridgehead atoms. The van der Waals surface area contributed by atoms with Crippen LogP contribution in [0.15, 0.2) is 109 Å². The van der Waals surface area contributed by atoms with Crippen molar-refractivity contribution in [3.8, 4) is 22.5 Å². The van der Waals surface area contributed by atoms with Gasteiger partial charge >= 0.3 is 5.97 Å². The highest BCUT2D eigenvalue weighted by molar-refractivity contribution is 7.92. The number of hydrogen-bond acceptors (Lipinski definition) is 8. The minimum atomic E-state index is -4.35. The smallest absolute Gasteiger partial charge is 0.326 e. The Morgan fingerprint density at radius 2 is 1.47 bits per heavy atom. The van der Waals surface area contributed by atoms with Crippen LogP contribution in [0.25, 0.3) is 33.4 Å². The lowest BCUT2D eigenvalue weighted by molar-refractivity contribution is -0.139. The second kappa shape index (κ2) is 13.5. The maximum atomic E-state index is 15.2. The molecule has 0 aliphatic carbocycles. The molecule has 11 nitrogen and oxygen atoms in total. The van der Waals surface area contributed by atoms with E-state index in [1.807, 2.05) is 0 Å². The number of carboxylic acids is 1. The summed E-state index contributed by atoms with van der Waals surface area (Å²) in [6, 6.07) is 15.9. The predicted molar refractivity (Wildman–Crippen MR) is 172 cm³/mol. The van der Waals surface area contributed by atoms with Gasteiger partial charge in [0.15, 0.2) is 5.82 Å². The molecule has 6 rings (SSSR count). The van der Waals surface area contributed by atoms with Gasteiger partial charge in [-0.2, -0.15) is 4.39 Å². The third-order valence-electron chi connectivity index (χ3n) is 7.44. The Bertz CT molecular complexity index is 2310. The molecule has 0 saturated carbocycles. The number of carbonyl (C=O) groups excluding carboxylic acids is 1. The molecule has 1 atom stereocenters. The first kappa shape index (κ1) is 32.7. The van der Waals surface area contributed by atoms with Crippen LogP contribution in [0, 0.1) is 17.6 Å². The van der Waals surface area contributed by atoms with Crippen molar-refractivity contribution in [2.45, 2.75) is 17.4 Å². The van der Waals surface area contributed by atoms with Gasteiger partial charge in [-0.1, -0.05) is 24.3 Å². The number of aliphatic carboxylic acids is 1. The number of rotatable bonds is 10. The Balaban J connectivity index is 1.20. The number of fused-ring (bicyclic) bond motifs is 1. The Morgan fingerprint density at radius 3 is 2.14 bits per heavy atom. The number of nitrogens with zero attached hydrogens (tertiary/aromatic N) is 4. The summed E-state index contributed by atoms with van der Waals surface area (Å²) in [5.41, 5.74) is 0.868. The molecule has 0 aliphatic rings. The molecular weight excluding hydrogens is 661 g/mol. The van der Waals surface area contributed by atoms with Gasteiger partial charge in [-0.3, -0.25) is 14.5 Å². The molecule has 15 heteroatoms. The van der Waals surface area contributed by atoms with Crippen molar-refractivity contribution >= 4 is 38.5 Å². The molecule has 0 unspecified atom stereocenters. The number of benzene rings is 3. The largest absolute Gasteiger partial charge is 0.480 e. The van der Waals surface area contributed by atoms with Crippen molar-refractivity contribution < 1.29 is 36.3 Å². The molecule has 0 spiro atoms. The van der Waals surface area contributed by atoms with Crippen LogP contribution in [0.3, 0.4) is 0 Å². The highest BCUT2D eigenvalue weighted by Gasteiger charge is 2.27. The Hall–Kier alpha value is -6.22. The Labute approximate surface area is 276 Å². The molecule has 1 amide bonds. The van der Waals surface area contributed by atoms with E-state index in [0.717, 1.165) is 0 Å². The second-order valence-corrected chi connectivity index (χ2v) is 12.3. The number of amides is 1. The molecule has 0 saturated heterocycles. The number of anilines is 1. The summed E-state index contributed by atoms with van der Waals surface area (Å²) in [5.74, 6) is -6.02. The molecule has 246 valence electrons. The Morgan fingerprint density at radius 1 is 0.776 bits per heavy atom. The molecule has 3 aromatic heterocycles. The third kappa shape index (κ3) is 7.06. The summed E-state index contributed by atoms with van der Waals surface area (Å²) in [6.07, 6.45) is 5.66. The third-order valence-corrected chi connectivity index (χ3v) is 8.84. The van der Waals surface area contributed by atoms with Crippen molar-refractivity contribution in [2.24, 2.45) is 0 Å². The fraction of sp³-hybridized carbons (Fsp3) is 0.0588. The van der Waals surface area contributed by atoms with E-state index in [2.05, 4.69) is 30.0 Å². The van der Waals surface area contributed by atoms with Gasteiger partial charge < -0.3 is 10.4 Å². The zero-order valence-corrected chi connectivity index (χ0v) is 25.8. The SMILES string of the molecule is O=C(N[C@@H](Cc1ccc(-c2ncccn2)c2ncccc12)C(=O)O)c1c(F)cc(NS(=O)(=O)c2ccc(-c3ccnc(F)c3)cc2)cc1F. The monoisotopic (exact) mass is 684 g/mol. The molecule has 0 fully saturated rings. The zero-order valence-electron chi connectivity index (χ0n) is 25.0. The molecule has 3 aromatic carbocycles. The number of halogens is 3. The first-order valence-electron chi connectivity index (χ1n) is 14.4. The van der Waals surface area contributed by atoms with E-state index in [1.165, 1.54) is 42.6 Å². The molecule has 3 heterocycles. The summed E-state index contributed by atoms with van der Waals surface area (Å²) >= 11 is 0. The minimum absolute atomic E-state index is 0.259. The topological polar surface area (TPSA) is 164 Å². The van der Waals surface area contributed by atoms with Gasteiger partial charge in [0.2, 0.25) is 5.95 Å². The van der Waals surface area contributed by atoms with Crippen molar-refractivity contribution in [1.82, 2.24) is 25.3 Å². The number of carboxylic acid groups (broad SMARTS) is 1. The van der Waals surface area contributed by atoms with Crippen LogP contribution in [0.1, 0.15) is 15.9 Å². The lowest BCUT2D eigenvalue weighted by Gasteiger charge is -2.17. The summed E-state index contributed by atoms with van der Waals surface area (Å²) in [7, 11) is -4.35. The van der Waals surface area contributed by atoms with E-state index in [9.17, 15) is 27.5 Å². The van der Waals surface area contributed by atoms with Gasteiger partial charge in [0, 0.05) is 48.2 Å². The molecule has 3 N–H and O–H groups in total. The average molecular weight is 685 g/mol. The number of nitrogens with one attached hydrogen (secondary N) is 2. The number of hydrogen-bond donors (Lipinski definition) is 3. The van der Waals surface area contributed by atoms with Crippen molar-refractivity contribution in [2.75, 3.05) is 4.72 Å². The molecule has 49 heavy (non-hydrogen) atoms. The molecule has 0 aliphatic heterocycles. The summed E-state index contributed by atoms with van der Waals surface area (Å²) in [4.78, 5) is 41.3. The van der Waals surface area contributed by atoms with E-state index in [4.69, 9.17) is 0 Å². The predicted octanol–water partition coefficient (Wildman–Crippen LogP) is 5.40. The van der Waals surface area contributed by atoms with E-state index in [1.54, 1.807) is 48.9 Å². The second-order valence-electron chi connectivity index (χ2n) is 10.6. The van der Waals surface area contributed by atoms with Crippen LogP contribution in [-0.4, -0.2) is 51.4 Å². The van der Waals surface area contributed by atoms with Crippen molar-refractivity contribution in [3.05, 3.63) is 132 Å². The maximum absolute atomic E-state index is 15.2. The zero-order chi connectivity index (χ0) is 34.7. The molecule has 6 aromatic rings. The number of sulfonamides is 1. The summed E-state index contributed by atoms with van der Waals surface area (Å²) in [6.45, 7) is 0. The fourth-order valence-electron chi connectivity index (χ4n) is 5.15. The van der Waals surface area contributed by atoms with Gasteiger partial charge in [-0.05, 0) is 65.2 Å². The summed E-state index contributed by atoms with van der Waals surface area (Å²) in [5, 5.41) is 12.6. The Kier molecular flexibility index (Phi) is 9.00. The quantitative estimate of drug-likeness (QED) is 0.160. The van der Waals surface area contributed by atoms with E-state index < -0.39 is 56.8 Å². The minimum Gasteiger partial charge on any atom is -0.480 e. The first-order chi connectivity index (χ1) is 23.5. The van der Waals surface area contributed by atoms with E-state index in [0.29, 0.717) is 51.1 Å². The van der Waals surface area contributed by atoms with Gasteiger partial charge in [-0.25, -0.2) is 36.9 Å². The van der Waals surface area contributed by atoms with Gasteiger partial charge in [0.25, 0.3) is 15.9 Å².